The normalized spacial score (nSPS) is 12.6. The third-order valence-corrected chi connectivity index (χ3v) is 16.0. The van der Waals surface area contributed by atoms with Crippen molar-refractivity contribution in [2.45, 2.75) is 5.41 Å². The molecule has 354 valence electrons. The molecule has 0 atom stereocenters. The lowest BCUT2D eigenvalue weighted by Gasteiger charge is -2.33. The number of para-hydroxylation sites is 1. The summed E-state index contributed by atoms with van der Waals surface area (Å²) in [5.41, 5.74) is 21.1. The van der Waals surface area contributed by atoms with Gasteiger partial charge in [0.05, 0.1) is 27.8 Å². The van der Waals surface area contributed by atoms with Crippen molar-refractivity contribution in [1.82, 2.24) is 9.55 Å². The van der Waals surface area contributed by atoms with Gasteiger partial charge in [-0.2, -0.15) is 0 Å². The Kier molecular flexibility index (Phi) is 10.1. The van der Waals surface area contributed by atoms with Gasteiger partial charge in [-0.25, -0.2) is 4.98 Å². The molecule has 0 unspecified atom stereocenters. The average Bonchev–Trinajstić information content (AvgIpc) is 4.19. The number of benzene rings is 12. The van der Waals surface area contributed by atoms with Crippen LogP contribution in [0.5, 0.6) is 0 Å². The Hall–Kier alpha value is -9.89. The van der Waals surface area contributed by atoms with Crippen LogP contribution in [-0.4, -0.2) is 9.55 Å². The number of pyridine rings is 1. The summed E-state index contributed by atoms with van der Waals surface area (Å²) in [5, 5.41) is 7.33. The summed E-state index contributed by atoms with van der Waals surface area (Å²) in [4.78, 5) is 5.88. The summed E-state index contributed by atoms with van der Waals surface area (Å²) < 4.78 is 2.48. The molecule has 2 heterocycles. The summed E-state index contributed by atoms with van der Waals surface area (Å²) in [6.07, 6.45) is 0. The highest BCUT2D eigenvalue weighted by atomic mass is 15.0. The van der Waals surface area contributed by atoms with E-state index in [9.17, 15) is 0 Å². The molecule has 2 heteroatoms. The van der Waals surface area contributed by atoms with E-state index in [-0.39, 0.29) is 0 Å². The molecule has 0 radical (unpaired) electrons. The summed E-state index contributed by atoms with van der Waals surface area (Å²) in [6.45, 7) is 0. The lowest BCUT2D eigenvalue weighted by molar-refractivity contribution is 0.768. The highest BCUT2D eigenvalue weighted by Gasteiger charge is 2.47. The predicted octanol–water partition coefficient (Wildman–Crippen LogP) is 19.2. The topological polar surface area (TPSA) is 17.8 Å². The van der Waals surface area contributed by atoms with Crippen molar-refractivity contribution in [3.05, 3.63) is 313 Å². The smallest absolute Gasteiger partial charge is 0.0722 e. The number of fused-ring (bicyclic) bond motifs is 9. The van der Waals surface area contributed by atoms with Crippen LogP contribution < -0.4 is 0 Å². The number of hydrogen-bond acceptors (Lipinski definition) is 1. The van der Waals surface area contributed by atoms with Gasteiger partial charge in [0.25, 0.3) is 0 Å². The molecule has 0 saturated heterocycles. The highest BCUT2D eigenvalue weighted by molar-refractivity contribution is 6.15. The second-order valence-corrected chi connectivity index (χ2v) is 20.2. The Labute approximate surface area is 442 Å². The first-order chi connectivity index (χ1) is 37.7. The number of nitrogens with zero attached hydrogens (tertiary/aromatic N) is 2. The predicted molar refractivity (Wildman–Crippen MR) is 318 cm³/mol. The molecule has 2 aromatic heterocycles. The molecule has 0 N–H and O–H groups in total. The fraction of sp³-hybridized carbons (Fsp3) is 0.0135. The Bertz CT molecular complexity index is 4510. The van der Waals surface area contributed by atoms with Crippen LogP contribution in [0.15, 0.2) is 291 Å². The van der Waals surface area contributed by atoms with Gasteiger partial charge in [0, 0.05) is 27.6 Å². The van der Waals surface area contributed by atoms with E-state index in [1.165, 1.54) is 82.4 Å². The lowest BCUT2D eigenvalue weighted by atomic mass is 9.67. The van der Waals surface area contributed by atoms with Gasteiger partial charge in [0.2, 0.25) is 0 Å². The van der Waals surface area contributed by atoms with Crippen LogP contribution in [0.25, 0.3) is 116 Å². The van der Waals surface area contributed by atoms with E-state index < -0.39 is 5.41 Å². The van der Waals surface area contributed by atoms with E-state index in [2.05, 4.69) is 296 Å². The molecular formula is C74H48N2. The van der Waals surface area contributed by atoms with Crippen LogP contribution in [-0.2, 0) is 5.41 Å². The van der Waals surface area contributed by atoms with Gasteiger partial charge in [-0.15, -0.1) is 0 Å². The standard InChI is InChI=1S/C74H48N2/c1-5-22-49(23-6-1)51-40-41-63-62-34-18-20-39-71(62)76(72(63)48-51)58-43-54(66-45-52-26-13-14-31-59(52)60-32-15-16-33-61(60)66)42-55(44-58)69-46-53(50-24-7-2-8-25-50)47-70(75-69)65-36-21-38-68-73(65)64-35-17-19-37-67(64)74(68,56-27-9-3-10-28-56)57-29-11-4-12-30-57/h1-48H. The van der Waals surface area contributed by atoms with E-state index in [0.29, 0.717) is 0 Å². The number of aromatic nitrogens is 2. The van der Waals surface area contributed by atoms with Crippen molar-refractivity contribution in [3.63, 3.8) is 0 Å². The maximum Gasteiger partial charge on any atom is 0.0722 e. The molecule has 0 saturated carbocycles. The minimum Gasteiger partial charge on any atom is -0.309 e. The largest absolute Gasteiger partial charge is 0.309 e. The third kappa shape index (κ3) is 6.85. The Morgan fingerprint density at radius 1 is 0.276 bits per heavy atom. The maximum atomic E-state index is 5.88. The van der Waals surface area contributed by atoms with Gasteiger partial charge in [-0.3, -0.25) is 0 Å². The minimum absolute atomic E-state index is 0.543. The fourth-order valence-corrected chi connectivity index (χ4v) is 12.7. The van der Waals surface area contributed by atoms with Gasteiger partial charge in [-0.05, 0) is 137 Å². The van der Waals surface area contributed by atoms with Crippen LogP contribution in [0, 0.1) is 0 Å². The Morgan fingerprint density at radius 2 is 0.829 bits per heavy atom. The molecule has 76 heavy (non-hydrogen) atoms. The number of hydrogen-bond donors (Lipinski definition) is 0. The highest BCUT2D eigenvalue weighted by Crippen LogP contribution is 2.58. The van der Waals surface area contributed by atoms with Crippen molar-refractivity contribution in [2.24, 2.45) is 0 Å². The first kappa shape index (κ1) is 43.7. The fourth-order valence-electron chi connectivity index (χ4n) is 12.7. The monoisotopic (exact) mass is 964 g/mol. The molecule has 12 aromatic carbocycles. The summed E-state index contributed by atoms with van der Waals surface area (Å²) in [5.74, 6) is 0. The van der Waals surface area contributed by atoms with Crippen molar-refractivity contribution in [1.29, 1.82) is 0 Å². The molecule has 1 aliphatic rings. The summed E-state index contributed by atoms with van der Waals surface area (Å²) in [6, 6.07) is 107. The van der Waals surface area contributed by atoms with Crippen molar-refractivity contribution in [3.8, 4) is 72.7 Å². The van der Waals surface area contributed by atoms with E-state index in [1.807, 2.05) is 0 Å². The molecule has 15 rings (SSSR count). The van der Waals surface area contributed by atoms with Crippen molar-refractivity contribution < 1.29 is 0 Å². The average molecular weight is 965 g/mol. The molecule has 0 fully saturated rings. The quantitative estimate of drug-likeness (QED) is 0.139. The van der Waals surface area contributed by atoms with Crippen molar-refractivity contribution in [2.75, 3.05) is 0 Å². The van der Waals surface area contributed by atoms with Gasteiger partial charge < -0.3 is 4.57 Å². The van der Waals surface area contributed by atoms with E-state index >= 15 is 0 Å². The van der Waals surface area contributed by atoms with Crippen molar-refractivity contribution >= 4 is 43.4 Å². The zero-order valence-electron chi connectivity index (χ0n) is 41.6. The van der Waals surface area contributed by atoms with Crippen LogP contribution in [0.3, 0.4) is 0 Å². The molecule has 0 bridgehead atoms. The Balaban J connectivity index is 1.03. The molecule has 0 aliphatic heterocycles. The van der Waals surface area contributed by atoms with E-state index in [1.54, 1.807) is 0 Å². The first-order valence-electron chi connectivity index (χ1n) is 26.3. The van der Waals surface area contributed by atoms with Gasteiger partial charge in [0.1, 0.15) is 0 Å². The van der Waals surface area contributed by atoms with Gasteiger partial charge in [0.15, 0.2) is 0 Å². The van der Waals surface area contributed by atoms with E-state index in [4.69, 9.17) is 4.98 Å². The second kappa shape index (κ2) is 17.7. The lowest BCUT2D eigenvalue weighted by Crippen LogP contribution is -2.28. The second-order valence-electron chi connectivity index (χ2n) is 20.2. The Morgan fingerprint density at radius 3 is 1.58 bits per heavy atom. The molecule has 2 nitrogen and oxygen atoms in total. The van der Waals surface area contributed by atoms with Crippen LogP contribution >= 0.6 is 0 Å². The zero-order chi connectivity index (χ0) is 50.2. The van der Waals surface area contributed by atoms with Crippen LogP contribution in [0.2, 0.25) is 0 Å². The summed E-state index contributed by atoms with van der Waals surface area (Å²) in [7, 11) is 0. The SMILES string of the molecule is c1ccc(-c2cc(-c3cc(-c4cc5ccccc5c5ccccc45)cc(-n4c5ccccc5c5ccc(-c6ccccc6)cc54)c3)nc(-c3cccc4c3-c3ccccc3C4(c3ccccc3)c3ccccc3)c2)cc1. The molecule has 1 aliphatic carbocycles. The van der Waals surface area contributed by atoms with E-state index in [0.717, 1.165) is 55.9 Å². The number of rotatable bonds is 8. The van der Waals surface area contributed by atoms with Crippen LogP contribution in [0.1, 0.15) is 22.3 Å². The first-order valence-corrected chi connectivity index (χ1v) is 26.3. The zero-order valence-corrected chi connectivity index (χ0v) is 41.6. The molecule has 0 amide bonds. The van der Waals surface area contributed by atoms with Crippen LogP contribution in [0.4, 0.5) is 0 Å². The molecular weight excluding hydrogens is 917 g/mol. The summed E-state index contributed by atoms with van der Waals surface area (Å²) >= 11 is 0. The van der Waals surface area contributed by atoms with Gasteiger partial charge in [-0.1, -0.05) is 243 Å². The van der Waals surface area contributed by atoms with Gasteiger partial charge >= 0.3 is 0 Å². The molecule has 14 aromatic rings. The third-order valence-electron chi connectivity index (χ3n) is 16.0. The maximum absolute atomic E-state index is 5.88. The molecule has 0 spiro atoms. The minimum atomic E-state index is -0.543.